The molecule has 1 spiro atoms. The van der Waals surface area contributed by atoms with E-state index in [2.05, 4.69) is 193 Å². The highest BCUT2D eigenvalue weighted by molar-refractivity contribution is 6.18. The molecule has 4 heteroatoms. The molecule has 0 amide bonds. The van der Waals surface area contributed by atoms with Gasteiger partial charge in [-0.2, -0.15) is 0 Å². The lowest BCUT2D eigenvalue weighted by Crippen LogP contribution is -2.32. The van der Waals surface area contributed by atoms with Crippen molar-refractivity contribution in [3.05, 3.63) is 222 Å². The molecule has 0 saturated carbocycles. The number of hydrogen-bond donors (Lipinski definition) is 0. The predicted octanol–water partition coefficient (Wildman–Crippen LogP) is 15.1. The van der Waals surface area contributed by atoms with Gasteiger partial charge < -0.3 is 18.5 Å². The monoisotopic (exact) mass is 755 g/mol. The van der Waals surface area contributed by atoms with Gasteiger partial charge in [0.1, 0.15) is 33.8 Å². The summed E-state index contributed by atoms with van der Waals surface area (Å²) in [6.07, 6.45) is 0. The number of ether oxygens (including phenoxy) is 1. The minimum absolute atomic E-state index is 0.572. The molecule has 0 saturated heterocycles. The van der Waals surface area contributed by atoms with E-state index in [-0.39, 0.29) is 0 Å². The van der Waals surface area contributed by atoms with Crippen LogP contribution in [0.5, 0.6) is 11.5 Å². The van der Waals surface area contributed by atoms with Crippen molar-refractivity contribution >= 4 is 60.9 Å². The number of fused-ring (bicyclic) bond motifs is 16. The third kappa shape index (κ3) is 4.37. The summed E-state index contributed by atoms with van der Waals surface area (Å²) in [6.45, 7) is 0. The first-order valence-electron chi connectivity index (χ1n) is 20.1. The molecule has 0 atom stereocenters. The summed E-state index contributed by atoms with van der Waals surface area (Å²) < 4.78 is 20.1. The largest absolute Gasteiger partial charge is 0.457 e. The highest BCUT2D eigenvalue weighted by Gasteiger charge is 2.52. The van der Waals surface area contributed by atoms with Crippen molar-refractivity contribution in [2.75, 3.05) is 4.90 Å². The summed E-state index contributed by atoms with van der Waals surface area (Å²) in [4.78, 5) is 2.33. The van der Waals surface area contributed by atoms with Crippen LogP contribution in [0.4, 0.5) is 17.1 Å². The fraction of sp³-hybridized carbons (Fsp3) is 0.0182. The Morgan fingerprint density at radius 2 is 1.00 bits per heavy atom. The second-order valence-corrected chi connectivity index (χ2v) is 15.5. The van der Waals surface area contributed by atoms with Gasteiger partial charge in [-0.1, -0.05) is 140 Å². The van der Waals surface area contributed by atoms with Crippen molar-refractivity contribution in [1.82, 2.24) is 0 Å². The van der Waals surface area contributed by atoms with Gasteiger partial charge in [-0.05, 0) is 76.9 Å². The molecule has 276 valence electrons. The zero-order chi connectivity index (χ0) is 38.7. The first-order chi connectivity index (χ1) is 29.3. The third-order valence-electron chi connectivity index (χ3n) is 12.5. The molecule has 11 aromatic rings. The molecule has 2 aromatic heterocycles. The van der Waals surface area contributed by atoms with Crippen molar-refractivity contribution in [2.24, 2.45) is 0 Å². The molecule has 1 aliphatic heterocycles. The average Bonchev–Trinajstić information content (AvgIpc) is 3.96. The summed E-state index contributed by atoms with van der Waals surface area (Å²) in [5.74, 6) is 1.75. The predicted molar refractivity (Wildman–Crippen MR) is 238 cm³/mol. The molecule has 3 heterocycles. The van der Waals surface area contributed by atoms with E-state index < -0.39 is 5.41 Å². The molecule has 59 heavy (non-hydrogen) atoms. The van der Waals surface area contributed by atoms with Crippen LogP contribution >= 0.6 is 0 Å². The standard InChI is InChI=1S/C55H33NO3/c1-2-15-34(16-3-1)56(35-29-30-38-37-18-6-11-25-47(37)57-51(38)33-35)46-24-10-5-17-36(46)39-20-14-28-50-52(39)41-31-32-45-53(54(41)59-50)40-19-4-7-21-42(40)55(45)43-22-8-12-26-48(43)58-49-27-13-9-23-44(49)55/h1-33H. The highest BCUT2D eigenvalue weighted by atomic mass is 16.5. The molecular formula is C55H33NO3. The van der Waals surface area contributed by atoms with Gasteiger partial charge >= 0.3 is 0 Å². The maximum Gasteiger partial charge on any atom is 0.143 e. The van der Waals surface area contributed by atoms with Gasteiger partial charge in [-0.25, -0.2) is 0 Å². The Labute approximate surface area is 339 Å². The summed E-state index contributed by atoms with van der Waals surface area (Å²) in [5, 5.41) is 4.39. The molecular weight excluding hydrogens is 723 g/mol. The lowest BCUT2D eigenvalue weighted by atomic mass is 9.66. The zero-order valence-electron chi connectivity index (χ0n) is 31.7. The first-order valence-corrected chi connectivity index (χ1v) is 20.1. The molecule has 0 N–H and O–H groups in total. The summed E-state index contributed by atoms with van der Waals surface area (Å²) in [6, 6.07) is 70.9. The van der Waals surface area contributed by atoms with E-state index >= 15 is 0 Å². The van der Waals surface area contributed by atoms with Gasteiger partial charge in [-0.15, -0.1) is 0 Å². The van der Waals surface area contributed by atoms with E-state index in [0.717, 1.165) is 100 Å². The van der Waals surface area contributed by atoms with E-state index in [1.54, 1.807) is 0 Å². The molecule has 13 rings (SSSR count). The second-order valence-electron chi connectivity index (χ2n) is 15.5. The maximum atomic E-state index is 7.11. The smallest absolute Gasteiger partial charge is 0.143 e. The van der Waals surface area contributed by atoms with Crippen molar-refractivity contribution in [3.63, 3.8) is 0 Å². The van der Waals surface area contributed by atoms with Gasteiger partial charge in [0.05, 0.1) is 11.1 Å². The van der Waals surface area contributed by atoms with Crippen LogP contribution in [0.15, 0.2) is 209 Å². The zero-order valence-corrected chi connectivity index (χ0v) is 31.7. The van der Waals surface area contributed by atoms with Gasteiger partial charge in [0.15, 0.2) is 0 Å². The summed E-state index contributed by atoms with van der Waals surface area (Å²) in [7, 11) is 0. The van der Waals surface area contributed by atoms with Crippen LogP contribution in [0.2, 0.25) is 0 Å². The Morgan fingerprint density at radius 1 is 0.373 bits per heavy atom. The molecule has 0 bridgehead atoms. The quantitative estimate of drug-likeness (QED) is 0.179. The SMILES string of the molecule is c1ccc(N(c2ccc3c(c2)oc2ccccc23)c2ccccc2-c2cccc3oc4c5c(ccc4c23)C2(c3ccccc3Oc3ccccc32)c2ccccc2-5)cc1. The van der Waals surface area contributed by atoms with Crippen molar-refractivity contribution in [3.8, 4) is 33.8 Å². The maximum absolute atomic E-state index is 7.11. The molecule has 4 nitrogen and oxygen atoms in total. The van der Waals surface area contributed by atoms with Crippen LogP contribution in [-0.2, 0) is 5.41 Å². The molecule has 1 aliphatic carbocycles. The molecule has 0 fully saturated rings. The summed E-state index contributed by atoms with van der Waals surface area (Å²) in [5.41, 5.74) is 15.2. The van der Waals surface area contributed by atoms with Crippen molar-refractivity contribution in [1.29, 1.82) is 0 Å². The molecule has 0 unspecified atom stereocenters. The van der Waals surface area contributed by atoms with Gasteiger partial charge in [0, 0.05) is 61.2 Å². The van der Waals surface area contributed by atoms with Crippen LogP contribution in [0.25, 0.3) is 66.1 Å². The first kappa shape index (κ1) is 32.3. The van der Waals surface area contributed by atoms with Crippen LogP contribution in [-0.4, -0.2) is 0 Å². The van der Waals surface area contributed by atoms with Crippen molar-refractivity contribution < 1.29 is 13.6 Å². The van der Waals surface area contributed by atoms with Gasteiger partial charge in [0.25, 0.3) is 0 Å². The highest BCUT2D eigenvalue weighted by Crippen LogP contribution is 2.63. The van der Waals surface area contributed by atoms with E-state index in [4.69, 9.17) is 13.6 Å². The number of hydrogen-bond acceptors (Lipinski definition) is 4. The number of rotatable bonds is 4. The fourth-order valence-corrected chi connectivity index (χ4v) is 10.2. The van der Waals surface area contributed by atoms with Gasteiger partial charge in [0.2, 0.25) is 0 Å². The Kier molecular flexibility index (Phi) is 6.62. The minimum Gasteiger partial charge on any atom is -0.457 e. The fourth-order valence-electron chi connectivity index (χ4n) is 10.2. The number of nitrogens with zero attached hydrogens (tertiary/aromatic N) is 1. The van der Waals surface area contributed by atoms with E-state index in [0.29, 0.717) is 0 Å². The Balaban J connectivity index is 1.06. The third-order valence-corrected chi connectivity index (χ3v) is 12.5. The van der Waals surface area contributed by atoms with E-state index in [1.165, 1.54) is 16.7 Å². The van der Waals surface area contributed by atoms with Crippen molar-refractivity contribution in [2.45, 2.75) is 5.41 Å². The number of benzene rings is 9. The van der Waals surface area contributed by atoms with Crippen LogP contribution in [0, 0.1) is 0 Å². The lowest BCUT2D eigenvalue weighted by molar-refractivity contribution is 0.436. The van der Waals surface area contributed by atoms with Crippen LogP contribution in [0.1, 0.15) is 22.3 Å². The second kappa shape index (κ2) is 12.1. The number of anilines is 3. The lowest BCUT2D eigenvalue weighted by Gasteiger charge is -2.39. The number of furan rings is 2. The van der Waals surface area contributed by atoms with Gasteiger partial charge in [-0.3, -0.25) is 0 Å². The average molecular weight is 756 g/mol. The molecule has 9 aromatic carbocycles. The van der Waals surface area contributed by atoms with E-state index in [9.17, 15) is 0 Å². The Bertz CT molecular complexity index is 3460. The Morgan fingerprint density at radius 3 is 1.83 bits per heavy atom. The molecule has 0 radical (unpaired) electrons. The minimum atomic E-state index is -0.572. The number of para-hydroxylation sites is 5. The summed E-state index contributed by atoms with van der Waals surface area (Å²) >= 11 is 0. The molecule has 2 aliphatic rings. The van der Waals surface area contributed by atoms with E-state index in [1.807, 2.05) is 12.1 Å². The topological polar surface area (TPSA) is 38.8 Å². The van der Waals surface area contributed by atoms with Crippen LogP contribution in [0.3, 0.4) is 0 Å². The van der Waals surface area contributed by atoms with Crippen LogP contribution < -0.4 is 9.64 Å². The normalized spacial score (nSPS) is 13.4. The Hall–Kier alpha value is -7.82.